The highest BCUT2D eigenvalue weighted by molar-refractivity contribution is 5.27. The van der Waals surface area contributed by atoms with E-state index in [1.165, 1.54) is 0 Å². The summed E-state index contributed by atoms with van der Waals surface area (Å²) in [5, 5.41) is 0. The minimum absolute atomic E-state index is 0.339. The zero-order chi connectivity index (χ0) is 6.04. The highest BCUT2D eigenvalue weighted by Gasteiger charge is 2.13. The largest absolute Gasteiger partial charge is 0.0774 e. The molecule has 0 spiro atoms. The Balaban J connectivity index is 2.65. The van der Waals surface area contributed by atoms with Crippen LogP contribution in [0.1, 0.15) is 0 Å². The van der Waals surface area contributed by atoms with Gasteiger partial charge in [0.15, 0.2) is 0 Å². The smallest absolute Gasteiger partial charge is 0.0193 e. The Hall–Kier alpha value is -0.520. The minimum Gasteiger partial charge on any atom is -0.0774 e. The summed E-state index contributed by atoms with van der Waals surface area (Å²) in [5.74, 6) is 0. The maximum atomic E-state index is 3.77. The summed E-state index contributed by atoms with van der Waals surface area (Å²) in [6.07, 6.45) is 10.6. The van der Waals surface area contributed by atoms with Crippen molar-refractivity contribution in [2.45, 2.75) is 0 Å². The molecule has 0 saturated heterocycles. The molecule has 0 saturated carbocycles. The molecular formula is C8H8. The Labute approximate surface area is 50.9 Å². The van der Waals surface area contributed by atoms with Crippen molar-refractivity contribution in [3.8, 4) is 0 Å². The predicted octanol–water partition coefficient (Wildman–Crippen LogP) is 1.85. The van der Waals surface area contributed by atoms with Crippen LogP contribution < -0.4 is 0 Å². The van der Waals surface area contributed by atoms with E-state index in [1.54, 1.807) is 0 Å². The molecule has 0 aromatic rings. The lowest BCUT2D eigenvalue weighted by Gasteiger charge is -2.17. The molecule has 0 nitrogen and oxygen atoms in total. The van der Waals surface area contributed by atoms with Gasteiger partial charge in [0.25, 0.3) is 0 Å². The standard InChI is InChI=1S/C8H8/c1-8(2)6-4-3-5-7-8/h3-6H,1-2H2. The van der Waals surface area contributed by atoms with E-state index in [4.69, 9.17) is 0 Å². The lowest BCUT2D eigenvalue weighted by molar-refractivity contribution is 0.752. The summed E-state index contributed by atoms with van der Waals surface area (Å²) >= 11 is 0. The lowest BCUT2D eigenvalue weighted by Crippen LogP contribution is -2.08. The molecule has 0 aromatic carbocycles. The summed E-state index contributed by atoms with van der Waals surface area (Å²) in [6, 6.07) is 0. The van der Waals surface area contributed by atoms with Crippen LogP contribution in [0.25, 0.3) is 0 Å². The zero-order valence-corrected chi connectivity index (χ0v) is 4.72. The van der Waals surface area contributed by atoms with Gasteiger partial charge in [0.1, 0.15) is 0 Å². The first-order valence-electron chi connectivity index (χ1n) is 2.53. The Bertz CT molecular complexity index is 127. The molecule has 40 valence electrons. The van der Waals surface area contributed by atoms with Gasteiger partial charge >= 0.3 is 0 Å². The molecule has 1 aliphatic rings. The van der Waals surface area contributed by atoms with E-state index in [0.717, 1.165) is 0 Å². The van der Waals surface area contributed by atoms with Gasteiger partial charge in [-0.1, -0.05) is 24.3 Å². The average Bonchev–Trinajstić information content (AvgIpc) is 1.65. The van der Waals surface area contributed by atoms with E-state index in [1.807, 2.05) is 24.3 Å². The van der Waals surface area contributed by atoms with E-state index in [0.29, 0.717) is 0 Å². The van der Waals surface area contributed by atoms with Crippen molar-refractivity contribution in [2.24, 2.45) is 5.41 Å². The highest BCUT2D eigenvalue weighted by atomic mass is 14.2. The zero-order valence-electron chi connectivity index (χ0n) is 4.72. The van der Waals surface area contributed by atoms with Crippen molar-refractivity contribution in [3.63, 3.8) is 0 Å². The van der Waals surface area contributed by atoms with Crippen molar-refractivity contribution in [3.05, 3.63) is 44.6 Å². The normalized spacial score (nSPS) is 23.8. The summed E-state index contributed by atoms with van der Waals surface area (Å²) in [5.41, 5.74) is -0.339. The Morgan fingerprint density at radius 2 is 2.00 bits per heavy atom. The van der Waals surface area contributed by atoms with Crippen LogP contribution in [0.3, 0.4) is 0 Å². The Kier molecular flexibility index (Phi) is 1.24. The topological polar surface area (TPSA) is 0 Å². The van der Waals surface area contributed by atoms with Crippen LogP contribution in [0.5, 0.6) is 0 Å². The second kappa shape index (κ2) is 1.77. The molecule has 0 fully saturated rings. The highest BCUT2D eigenvalue weighted by Crippen LogP contribution is 2.22. The number of allylic oxidation sites excluding steroid dienone is 4. The molecule has 1 rings (SSSR count). The van der Waals surface area contributed by atoms with Crippen molar-refractivity contribution in [1.82, 2.24) is 0 Å². The molecular weight excluding hydrogens is 96.1 g/mol. The van der Waals surface area contributed by atoms with Gasteiger partial charge < -0.3 is 0 Å². The number of hydrogen-bond donors (Lipinski definition) is 0. The van der Waals surface area contributed by atoms with Gasteiger partial charge in [-0.25, -0.2) is 0 Å². The molecule has 1 aliphatic carbocycles. The van der Waals surface area contributed by atoms with Gasteiger partial charge in [0.05, 0.1) is 0 Å². The molecule has 0 aliphatic heterocycles. The SMILES string of the molecule is [CH2]C1([CH2])[C]C=CC=C1. The fraction of sp³-hybridized carbons (Fsp3) is 0.125. The third-order valence-corrected chi connectivity index (χ3v) is 0.993. The monoisotopic (exact) mass is 104 g/mol. The summed E-state index contributed by atoms with van der Waals surface area (Å²) in [7, 11) is 0. The lowest BCUT2D eigenvalue weighted by atomic mass is 9.86. The van der Waals surface area contributed by atoms with Crippen molar-refractivity contribution >= 4 is 0 Å². The first-order chi connectivity index (χ1) is 3.71. The fourth-order valence-electron chi connectivity index (χ4n) is 0.557. The number of rotatable bonds is 0. The van der Waals surface area contributed by atoms with E-state index < -0.39 is 0 Å². The Morgan fingerprint density at radius 1 is 1.25 bits per heavy atom. The van der Waals surface area contributed by atoms with Crippen LogP contribution in [0, 0.1) is 25.7 Å². The van der Waals surface area contributed by atoms with Crippen LogP contribution >= 0.6 is 0 Å². The molecule has 0 atom stereocenters. The van der Waals surface area contributed by atoms with Crippen molar-refractivity contribution in [2.75, 3.05) is 0 Å². The fourth-order valence-corrected chi connectivity index (χ4v) is 0.557. The molecule has 0 aromatic heterocycles. The maximum absolute atomic E-state index is 3.77. The van der Waals surface area contributed by atoms with E-state index in [2.05, 4.69) is 20.3 Å². The van der Waals surface area contributed by atoms with Crippen LogP contribution in [-0.2, 0) is 0 Å². The van der Waals surface area contributed by atoms with E-state index >= 15 is 0 Å². The molecule has 0 unspecified atom stereocenters. The molecule has 0 heterocycles. The van der Waals surface area contributed by atoms with Gasteiger partial charge in [-0.15, -0.1) is 0 Å². The van der Waals surface area contributed by atoms with Gasteiger partial charge in [0.2, 0.25) is 0 Å². The van der Waals surface area contributed by atoms with Crippen molar-refractivity contribution in [1.29, 1.82) is 0 Å². The summed E-state index contributed by atoms with van der Waals surface area (Å²) < 4.78 is 0. The first-order valence-corrected chi connectivity index (χ1v) is 2.53. The third kappa shape index (κ3) is 1.22. The van der Waals surface area contributed by atoms with E-state index in [-0.39, 0.29) is 5.41 Å². The average molecular weight is 104 g/mol. The van der Waals surface area contributed by atoms with Crippen LogP contribution in [0.15, 0.2) is 24.3 Å². The minimum atomic E-state index is -0.339. The van der Waals surface area contributed by atoms with E-state index in [9.17, 15) is 0 Å². The van der Waals surface area contributed by atoms with Crippen LogP contribution in [-0.4, -0.2) is 0 Å². The second-order valence-corrected chi connectivity index (χ2v) is 2.02. The molecule has 0 bridgehead atoms. The number of hydrogen-bond acceptors (Lipinski definition) is 0. The molecule has 4 radical (unpaired) electrons. The maximum Gasteiger partial charge on any atom is 0.0193 e. The van der Waals surface area contributed by atoms with Gasteiger partial charge in [-0.3, -0.25) is 0 Å². The van der Waals surface area contributed by atoms with Gasteiger partial charge in [-0.2, -0.15) is 0 Å². The van der Waals surface area contributed by atoms with Crippen LogP contribution in [0.2, 0.25) is 0 Å². The second-order valence-electron chi connectivity index (χ2n) is 2.02. The predicted molar refractivity (Wildman–Crippen MR) is 34.7 cm³/mol. The third-order valence-electron chi connectivity index (χ3n) is 0.993. The quantitative estimate of drug-likeness (QED) is 0.440. The van der Waals surface area contributed by atoms with Crippen molar-refractivity contribution < 1.29 is 0 Å². The molecule has 0 heteroatoms. The summed E-state index contributed by atoms with van der Waals surface area (Å²) in [6.45, 7) is 7.54. The van der Waals surface area contributed by atoms with Crippen LogP contribution in [0.4, 0.5) is 0 Å². The van der Waals surface area contributed by atoms with Gasteiger partial charge in [0, 0.05) is 6.42 Å². The molecule has 8 heavy (non-hydrogen) atoms. The molecule has 0 N–H and O–H groups in total. The van der Waals surface area contributed by atoms with Gasteiger partial charge in [-0.05, 0) is 19.3 Å². The first kappa shape index (κ1) is 5.61. The summed E-state index contributed by atoms with van der Waals surface area (Å²) in [4.78, 5) is 0. The molecule has 0 amide bonds. The Morgan fingerprint density at radius 3 is 2.25 bits per heavy atom.